The molecule has 1 saturated heterocycles. The molecule has 2 aromatic rings. The van der Waals surface area contributed by atoms with E-state index in [-0.39, 0.29) is 5.91 Å². The lowest BCUT2D eigenvalue weighted by molar-refractivity contribution is -0.917. The summed E-state index contributed by atoms with van der Waals surface area (Å²) < 4.78 is 10.6. The van der Waals surface area contributed by atoms with E-state index in [0.717, 1.165) is 38.3 Å². The number of quaternary nitrogens is 1. The molecule has 3 rings (SSSR count). The lowest BCUT2D eigenvalue weighted by Gasteiger charge is -2.32. The van der Waals surface area contributed by atoms with Crippen LogP contribution in [-0.4, -0.2) is 51.2 Å². The van der Waals surface area contributed by atoms with Crippen LogP contribution in [0.25, 0.3) is 0 Å². The van der Waals surface area contributed by atoms with Crippen molar-refractivity contribution < 1.29 is 19.2 Å². The number of rotatable bonds is 6. The molecule has 0 spiro atoms. The van der Waals surface area contributed by atoms with E-state index in [9.17, 15) is 4.79 Å². The van der Waals surface area contributed by atoms with Gasteiger partial charge in [0.05, 0.1) is 46.8 Å². The summed E-state index contributed by atoms with van der Waals surface area (Å²) in [6, 6.07) is 16.2. The van der Waals surface area contributed by atoms with Gasteiger partial charge in [-0.3, -0.25) is 4.79 Å². The minimum absolute atomic E-state index is 0.177. The van der Waals surface area contributed by atoms with Crippen molar-refractivity contribution in [1.29, 1.82) is 0 Å². The zero-order chi connectivity index (χ0) is 18.4. The number of benzene rings is 2. The fraction of sp³-hybridized carbons (Fsp3) is 0.381. The van der Waals surface area contributed by atoms with E-state index in [1.54, 1.807) is 14.2 Å². The van der Waals surface area contributed by atoms with Crippen molar-refractivity contribution in [3.05, 3.63) is 59.7 Å². The molecule has 2 aromatic carbocycles. The number of nitrogens with zero attached hydrogens (tertiary/aromatic N) is 1. The normalized spacial score (nSPS) is 14.9. The Labute approximate surface area is 155 Å². The van der Waals surface area contributed by atoms with Crippen molar-refractivity contribution in [2.24, 2.45) is 0 Å². The maximum atomic E-state index is 12.6. The van der Waals surface area contributed by atoms with Crippen LogP contribution in [0.2, 0.25) is 0 Å². The average Bonchev–Trinajstić information content (AvgIpc) is 2.69. The van der Waals surface area contributed by atoms with Crippen LogP contribution in [0.4, 0.5) is 0 Å². The van der Waals surface area contributed by atoms with Crippen molar-refractivity contribution in [2.45, 2.75) is 13.0 Å². The predicted molar refractivity (Wildman–Crippen MR) is 101 cm³/mol. The number of carbonyl (C=O) groups excluding carboxylic acids is 1. The van der Waals surface area contributed by atoms with Gasteiger partial charge >= 0.3 is 0 Å². The molecule has 1 amide bonds. The molecular formula is C21H27N2O3+. The van der Waals surface area contributed by atoms with Gasteiger partial charge in [0.25, 0.3) is 0 Å². The lowest BCUT2D eigenvalue weighted by atomic mass is 10.1. The second-order valence-electron chi connectivity index (χ2n) is 6.66. The first-order chi connectivity index (χ1) is 12.7. The zero-order valence-electron chi connectivity index (χ0n) is 15.5. The Morgan fingerprint density at radius 2 is 1.65 bits per heavy atom. The van der Waals surface area contributed by atoms with Crippen molar-refractivity contribution in [3.8, 4) is 11.5 Å². The molecule has 5 heteroatoms. The second kappa shape index (κ2) is 8.72. The third-order valence-electron chi connectivity index (χ3n) is 4.92. The monoisotopic (exact) mass is 355 g/mol. The molecule has 0 aromatic heterocycles. The van der Waals surface area contributed by atoms with Gasteiger partial charge < -0.3 is 19.3 Å². The van der Waals surface area contributed by atoms with Crippen LogP contribution >= 0.6 is 0 Å². The summed E-state index contributed by atoms with van der Waals surface area (Å²) in [7, 11) is 3.22. The first kappa shape index (κ1) is 18.3. The van der Waals surface area contributed by atoms with Crippen LogP contribution in [0, 0.1) is 0 Å². The average molecular weight is 355 g/mol. The third-order valence-corrected chi connectivity index (χ3v) is 4.92. The van der Waals surface area contributed by atoms with E-state index >= 15 is 0 Å². The topological polar surface area (TPSA) is 43.2 Å². The fourth-order valence-corrected chi connectivity index (χ4v) is 3.41. The number of carbonyl (C=O) groups is 1. The highest BCUT2D eigenvalue weighted by Crippen LogP contribution is 2.27. The van der Waals surface area contributed by atoms with Gasteiger partial charge in [0.2, 0.25) is 5.91 Å². The Morgan fingerprint density at radius 1 is 0.962 bits per heavy atom. The number of hydrogen-bond donors (Lipinski definition) is 1. The van der Waals surface area contributed by atoms with Crippen molar-refractivity contribution in [3.63, 3.8) is 0 Å². The number of methoxy groups -OCH3 is 2. The summed E-state index contributed by atoms with van der Waals surface area (Å²) in [6.45, 7) is 4.64. The molecule has 1 heterocycles. The number of piperazine rings is 1. The van der Waals surface area contributed by atoms with Crippen LogP contribution in [-0.2, 0) is 17.8 Å². The first-order valence-electron chi connectivity index (χ1n) is 9.05. The minimum atomic E-state index is 0.177. The quantitative estimate of drug-likeness (QED) is 0.846. The summed E-state index contributed by atoms with van der Waals surface area (Å²) in [4.78, 5) is 16.1. The van der Waals surface area contributed by atoms with Crippen LogP contribution in [0.15, 0.2) is 48.5 Å². The maximum Gasteiger partial charge on any atom is 0.227 e. The van der Waals surface area contributed by atoms with Gasteiger partial charge in [-0.2, -0.15) is 0 Å². The highest BCUT2D eigenvalue weighted by Gasteiger charge is 2.24. The first-order valence-corrected chi connectivity index (χ1v) is 9.05. The number of amides is 1. The summed E-state index contributed by atoms with van der Waals surface area (Å²) in [5, 5.41) is 0. The van der Waals surface area contributed by atoms with E-state index < -0.39 is 0 Å². The fourth-order valence-electron chi connectivity index (χ4n) is 3.41. The Bertz CT molecular complexity index is 725. The number of ether oxygens (including phenoxy) is 2. The molecule has 0 atom stereocenters. The Kier molecular flexibility index (Phi) is 6.12. The van der Waals surface area contributed by atoms with Crippen LogP contribution in [0.5, 0.6) is 11.5 Å². The van der Waals surface area contributed by atoms with Crippen molar-refractivity contribution in [2.75, 3.05) is 40.4 Å². The molecule has 0 bridgehead atoms. The van der Waals surface area contributed by atoms with E-state index in [4.69, 9.17) is 9.47 Å². The Morgan fingerprint density at radius 3 is 2.31 bits per heavy atom. The molecule has 0 radical (unpaired) electrons. The SMILES string of the molecule is COc1ccc(CC(=O)N2CC[NH+](Cc3ccccc3)CC2)cc1OC. The Balaban J connectivity index is 1.52. The molecule has 0 aliphatic carbocycles. The van der Waals surface area contributed by atoms with Crippen molar-refractivity contribution >= 4 is 5.91 Å². The standard InChI is InChI=1S/C21H26N2O3/c1-25-19-9-8-18(14-20(19)26-2)15-21(24)23-12-10-22(11-13-23)16-17-6-4-3-5-7-17/h3-9,14H,10-13,15-16H2,1-2H3/p+1. The smallest absolute Gasteiger partial charge is 0.227 e. The molecule has 0 saturated carbocycles. The van der Waals surface area contributed by atoms with E-state index in [0.29, 0.717) is 17.9 Å². The summed E-state index contributed by atoms with van der Waals surface area (Å²) >= 11 is 0. The van der Waals surface area contributed by atoms with Gasteiger partial charge in [-0.1, -0.05) is 36.4 Å². The molecule has 138 valence electrons. The molecule has 1 aliphatic heterocycles. The maximum absolute atomic E-state index is 12.6. The highest BCUT2D eigenvalue weighted by molar-refractivity contribution is 5.79. The third kappa shape index (κ3) is 4.55. The van der Waals surface area contributed by atoms with E-state index in [1.807, 2.05) is 29.2 Å². The molecule has 5 nitrogen and oxygen atoms in total. The van der Waals surface area contributed by atoms with Crippen LogP contribution in [0.3, 0.4) is 0 Å². The molecule has 0 unspecified atom stereocenters. The van der Waals surface area contributed by atoms with Crippen LogP contribution < -0.4 is 14.4 Å². The Hall–Kier alpha value is -2.53. The van der Waals surface area contributed by atoms with Gasteiger partial charge in [-0.25, -0.2) is 0 Å². The summed E-state index contributed by atoms with van der Waals surface area (Å²) in [5.74, 6) is 1.52. The van der Waals surface area contributed by atoms with Gasteiger partial charge in [0, 0.05) is 5.56 Å². The molecule has 26 heavy (non-hydrogen) atoms. The largest absolute Gasteiger partial charge is 0.493 e. The van der Waals surface area contributed by atoms with Crippen molar-refractivity contribution in [1.82, 2.24) is 4.90 Å². The number of hydrogen-bond acceptors (Lipinski definition) is 3. The number of nitrogens with one attached hydrogen (secondary N) is 1. The molecular weight excluding hydrogens is 328 g/mol. The summed E-state index contributed by atoms with van der Waals surface area (Å²) in [6.07, 6.45) is 0.397. The zero-order valence-corrected chi connectivity index (χ0v) is 15.5. The van der Waals surface area contributed by atoms with E-state index in [1.165, 1.54) is 10.5 Å². The predicted octanol–water partition coefficient (Wildman–Crippen LogP) is 1.17. The highest BCUT2D eigenvalue weighted by atomic mass is 16.5. The van der Waals surface area contributed by atoms with Crippen LogP contribution in [0.1, 0.15) is 11.1 Å². The van der Waals surface area contributed by atoms with Gasteiger partial charge in [-0.15, -0.1) is 0 Å². The van der Waals surface area contributed by atoms with Gasteiger partial charge in [-0.05, 0) is 17.7 Å². The molecule has 1 N–H and O–H groups in total. The lowest BCUT2D eigenvalue weighted by Crippen LogP contribution is -3.13. The summed E-state index contributed by atoms with van der Waals surface area (Å²) in [5.41, 5.74) is 2.30. The van der Waals surface area contributed by atoms with Gasteiger partial charge in [0.1, 0.15) is 6.54 Å². The molecule has 1 aliphatic rings. The van der Waals surface area contributed by atoms with E-state index in [2.05, 4.69) is 24.3 Å². The minimum Gasteiger partial charge on any atom is -0.493 e. The molecule has 1 fully saturated rings. The second-order valence-corrected chi connectivity index (χ2v) is 6.66. The van der Waals surface area contributed by atoms with Gasteiger partial charge in [0.15, 0.2) is 11.5 Å².